The standard InChI is InChI=1S/C22H30NO2P/c1-2-3-4-5-6-13-18-23-22(24)19-26(25,20-14-9-7-10-15-20)21-16-11-8-12-17-21/h7-12,14-17H,2-6,13,18-19H2,1H3,(H,23,24). The molecule has 0 unspecified atom stereocenters. The molecule has 0 saturated heterocycles. The van der Waals surface area contributed by atoms with Crippen LogP contribution in [0.4, 0.5) is 0 Å². The van der Waals surface area contributed by atoms with Crippen LogP contribution in [-0.4, -0.2) is 18.6 Å². The fourth-order valence-electron chi connectivity index (χ4n) is 3.06. The molecule has 0 aliphatic carbocycles. The average molecular weight is 371 g/mol. The molecule has 0 fully saturated rings. The molecule has 2 aromatic carbocycles. The second kappa shape index (κ2) is 11.0. The van der Waals surface area contributed by atoms with Crippen LogP contribution in [0.5, 0.6) is 0 Å². The zero-order valence-corrected chi connectivity index (χ0v) is 16.6. The molecule has 0 heterocycles. The zero-order chi connectivity index (χ0) is 18.7. The Labute approximate surface area is 157 Å². The minimum atomic E-state index is -2.96. The van der Waals surface area contributed by atoms with E-state index in [2.05, 4.69) is 12.2 Å². The van der Waals surface area contributed by atoms with E-state index < -0.39 is 7.14 Å². The summed E-state index contributed by atoms with van der Waals surface area (Å²) in [6, 6.07) is 18.7. The Bertz CT molecular complexity index is 657. The number of hydrogen-bond acceptors (Lipinski definition) is 2. The second-order valence-corrected chi connectivity index (χ2v) is 9.52. The maximum Gasteiger partial charge on any atom is 0.228 e. The first kappa shape index (κ1) is 20.5. The summed E-state index contributed by atoms with van der Waals surface area (Å²) in [6.07, 6.45) is 7.15. The summed E-state index contributed by atoms with van der Waals surface area (Å²) in [5.74, 6) is -0.130. The molecule has 0 radical (unpaired) electrons. The fourth-order valence-corrected chi connectivity index (χ4v) is 5.55. The quantitative estimate of drug-likeness (QED) is 0.468. The lowest BCUT2D eigenvalue weighted by Gasteiger charge is -2.19. The minimum absolute atomic E-state index is 0.0247. The van der Waals surface area contributed by atoms with Crippen molar-refractivity contribution in [3.63, 3.8) is 0 Å². The monoisotopic (exact) mass is 371 g/mol. The highest BCUT2D eigenvalue weighted by atomic mass is 31.2. The van der Waals surface area contributed by atoms with Crippen LogP contribution in [0.1, 0.15) is 45.4 Å². The molecule has 1 amide bonds. The molecule has 1 N–H and O–H groups in total. The molecular formula is C22H30NO2P. The van der Waals surface area contributed by atoms with Crippen molar-refractivity contribution in [2.75, 3.05) is 12.7 Å². The van der Waals surface area contributed by atoms with E-state index in [0.29, 0.717) is 6.54 Å². The third kappa shape index (κ3) is 6.14. The molecule has 4 heteroatoms. The Morgan fingerprint density at radius 2 is 1.31 bits per heavy atom. The van der Waals surface area contributed by atoms with E-state index in [4.69, 9.17) is 0 Å². The van der Waals surface area contributed by atoms with Gasteiger partial charge in [-0.1, -0.05) is 99.7 Å². The van der Waals surface area contributed by atoms with E-state index in [0.717, 1.165) is 23.5 Å². The second-order valence-electron chi connectivity index (χ2n) is 6.69. The van der Waals surface area contributed by atoms with E-state index in [1.807, 2.05) is 60.7 Å². The van der Waals surface area contributed by atoms with Crippen LogP contribution in [0.15, 0.2) is 60.7 Å². The topological polar surface area (TPSA) is 46.2 Å². The molecule has 0 aliphatic rings. The van der Waals surface area contributed by atoms with Gasteiger partial charge in [-0.15, -0.1) is 0 Å². The zero-order valence-electron chi connectivity index (χ0n) is 15.7. The first-order valence-electron chi connectivity index (χ1n) is 9.64. The van der Waals surface area contributed by atoms with Crippen molar-refractivity contribution in [3.05, 3.63) is 60.7 Å². The van der Waals surface area contributed by atoms with Gasteiger partial charge in [0, 0.05) is 17.2 Å². The van der Waals surface area contributed by atoms with Crippen molar-refractivity contribution < 1.29 is 9.36 Å². The summed E-state index contributed by atoms with van der Waals surface area (Å²) >= 11 is 0. The first-order valence-corrected chi connectivity index (χ1v) is 11.5. The molecule has 26 heavy (non-hydrogen) atoms. The van der Waals surface area contributed by atoms with Crippen molar-refractivity contribution in [3.8, 4) is 0 Å². The summed E-state index contributed by atoms with van der Waals surface area (Å²) in [6.45, 7) is 2.87. The van der Waals surface area contributed by atoms with E-state index in [1.165, 1.54) is 25.7 Å². The molecule has 140 valence electrons. The highest BCUT2D eigenvalue weighted by Gasteiger charge is 2.29. The lowest BCUT2D eigenvalue weighted by Crippen LogP contribution is -2.31. The summed E-state index contributed by atoms with van der Waals surface area (Å²) < 4.78 is 13.8. The van der Waals surface area contributed by atoms with Gasteiger partial charge in [0.2, 0.25) is 5.91 Å². The summed E-state index contributed by atoms with van der Waals surface area (Å²) in [5, 5.41) is 4.43. The fraction of sp³-hybridized carbons (Fsp3) is 0.409. The molecule has 0 spiro atoms. The number of unbranched alkanes of at least 4 members (excludes halogenated alkanes) is 5. The molecule has 2 rings (SSSR count). The van der Waals surface area contributed by atoms with Gasteiger partial charge < -0.3 is 9.88 Å². The smallest absolute Gasteiger partial charge is 0.228 e. The highest BCUT2D eigenvalue weighted by molar-refractivity contribution is 7.79. The van der Waals surface area contributed by atoms with Gasteiger partial charge in [0.1, 0.15) is 0 Å². The van der Waals surface area contributed by atoms with Crippen molar-refractivity contribution >= 4 is 23.7 Å². The number of benzene rings is 2. The number of nitrogens with one attached hydrogen (secondary N) is 1. The summed E-state index contributed by atoms with van der Waals surface area (Å²) in [4.78, 5) is 12.5. The van der Waals surface area contributed by atoms with Gasteiger partial charge in [-0.25, -0.2) is 0 Å². The third-order valence-electron chi connectivity index (χ3n) is 4.57. The molecule has 0 saturated carbocycles. The van der Waals surface area contributed by atoms with Crippen LogP contribution < -0.4 is 15.9 Å². The van der Waals surface area contributed by atoms with E-state index in [9.17, 15) is 9.36 Å². The highest BCUT2D eigenvalue weighted by Crippen LogP contribution is 2.42. The number of amides is 1. The lowest BCUT2D eigenvalue weighted by molar-refractivity contribution is -0.118. The van der Waals surface area contributed by atoms with Crippen LogP contribution in [0.3, 0.4) is 0 Å². The molecule has 0 bridgehead atoms. The number of rotatable bonds is 11. The molecule has 2 aromatic rings. The van der Waals surface area contributed by atoms with Crippen LogP contribution in [0, 0.1) is 0 Å². The number of carbonyl (C=O) groups excluding carboxylic acids is 1. The van der Waals surface area contributed by atoms with Gasteiger partial charge >= 0.3 is 0 Å². The Morgan fingerprint density at radius 1 is 0.808 bits per heavy atom. The van der Waals surface area contributed by atoms with Crippen LogP contribution in [0.2, 0.25) is 0 Å². The van der Waals surface area contributed by atoms with Crippen molar-refractivity contribution in [1.29, 1.82) is 0 Å². The molecule has 0 aliphatic heterocycles. The van der Waals surface area contributed by atoms with Gasteiger partial charge in [-0.05, 0) is 6.42 Å². The van der Waals surface area contributed by atoms with E-state index in [-0.39, 0.29) is 12.1 Å². The SMILES string of the molecule is CCCCCCCCNC(=O)CP(=O)(c1ccccc1)c1ccccc1. The van der Waals surface area contributed by atoms with Crippen LogP contribution >= 0.6 is 7.14 Å². The Morgan fingerprint density at radius 3 is 1.85 bits per heavy atom. The summed E-state index contributed by atoms with van der Waals surface area (Å²) in [5.41, 5.74) is 0. The predicted octanol–water partition coefficient (Wildman–Crippen LogP) is 4.48. The van der Waals surface area contributed by atoms with Crippen molar-refractivity contribution in [1.82, 2.24) is 5.32 Å². The average Bonchev–Trinajstić information content (AvgIpc) is 2.68. The van der Waals surface area contributed by atoms with Crippen molar-refractivity contribution in [2.45, 2.75) is 45.4 Å². The molecular weight excluding hydrogens is 341 g/mol. The third-order valence-corrected chi connectivity index (χ3v) is 7.56. The summed E-state index contributed by atoms with van der Waals surface area (Å²) in [7, 11) is -2.96. The van der Waals surface area contributed by atoms with Crippen LogP contribution in [-0.2, 0) is 9.36 Å². The molecule has 3 nitrogen and oxygen atoms in total. The Hall–Kier alpha value is -1.86. The van der Waals surface area contributed by atoms with Gasteiger partial charge in [-0.2, -0.15) is 0 Å². The van der Waals surface area contributed by atoms with Crippen LogP contribution in [0.25, 0.3) is 0 Å². The minimum Gasteiger partial charge on any atom is -0.356 e. The largest absolute Gasteiger partial charge is 0.356 e. The number of carbonyl (C=O) groups is 1. The lowest BCUT2D eigenvalue weighted by atomic mass is 10.1. The van der Waals surface area contributed by atoms with Gasteiger partial charge in [0.15, 0.2) is 7.14 Å². The first-order chi connectivity index (χ1) is 12.7. The Balaban J connectivity index is 1.96. The van der Waals surface area contributed by atoms with Gasteiger partial charge in [0.25, 0.3) is 0 Å². The van der Waals surface area contributed by atoms with Gasteiger partial charge in [-0.3, -0.25) is 4.79 Å². The molecule has 0 atom stereocenters. The van der Waals surface area contributed by atoms with Gasteiger partial charge in [0.05, 0.1) is 6.16 Å². The number of hydrogen-bond donors (Lipinski definition) is 1. The predicted molar refractivity (Wildman–Crippen MR) is 111 cm³/mol. The molecule has 0 aromatic heterocycles. The van der Waals surface area contributed by atoms with E-state index in [1.54, 1.807) is 0 Å². The maximum atomic E-state index is 13.8. The van der Waals surface area contributed by atoms with Crippen molar-refractivity contribution in [2.24, 2.45) is 0 Å². The Kier molecular flexibility index (Phi) is 8.64. The normalized spacial score (nSPS) is 11.3. The maximum absolute atomic E-state index is 13.8. The van der Waals surface area contributed by atoms with E-state index >= 15 is 0 Å².